The molecular formula is C11H14F3NO2. The number of alkyl halides is 3. The smallest absolute Gasteiger partial charge is 0.401 e. The van der Waals surface area contributed by atoms with E-state index in [0.717, 1.165) is 0 Å². The Kier molecular flexibility index (Phi) is 4.62. The van der Waals surface area contributed by atoms with E-state index in [1.165, 1.54) is 14.2 Å². The Morgan fingerprint density at radius 1 is 1.18 bits per heavy atom. The van der Waals surface area contributed by atoms with E-state index in [9.17, 15) is 13.2 Å². The van der Waals surface area contributed by atoms with Crippen LogP contribution < -0.4 is 14.8 Å². The average molecular weight is 249 g/mol. The van der Waals surface area contributed by atoms with E-state index in [2.05, 4.69) is 5.32 Å². The number of methoxy groups -OCH3 is 2. The van der Waals surface area contributed by atoms with Gasteiger partial charge in [-0.25, -0.2) is 0 Å². The van der Waals surface area contributed by atoms with Crippen LogP contribution in [0, 0.1) is 0 Å². The Morgan fingerprint density at radius 2 is 1.88 bits per heavy atom. The van der Waals surface area contributed by atoms with E-state index in [1.807, 2.05) is 0 Å². The van der Waals surface area contributed by atoms with Crippen molar-refractivity contribution in [3.63, 3.8) is 0 Å². The first-order valence-electron chi connectivity index (χ1n) is 4.95. The second-order valence-corrected chi connectivity index (χ2v) is 3.37. The van der Waals surface area contributed by atoms with Crippen molar-refractivity contribution in [1.29, 1.82) is 0 Å². The maximum Gasteiger partial charge on any atom is 0.401 e. The molecule has 0 unspecified atom stereocenters. The molecule has 0 radical (unpaired) electrons. The van der Waals surface area contributed by atoms with Gasteiger partial charge >= 0.3 is 6.18 Å². The molecule has 0 aromatic heterocycles. The molecule has 0 saturated heterocycles. The van der Waals surface area contributed by atoms with Crippen LogP contribution in [-0.2, 0) is 6.54 Å². The zero-order chi connectivity index (χ0) is 12.9. The summed E-state index contributed by atoms with van der Waals surface area (Å²) in [4.78, 5) is 0. The van der Waals surface area contributed by atoms with Crippen molar-refractivity contribution in [1.82, 2.24) is 5.32 Å². The fourth-order valence-corrected chi connectivity index (χ4v) is 1.43. The maximum atomic E-state index is 12.0. The lowest BCUT2D eigenvalue weighted by atomic mass is 10.2. The molecule has 6 heteroatoms. The van der Waals surface area contributed by atoms with Gasteiger partial charge in [0, 0.05) is 12.1 Å². The third-order valence-corrected chi connectivity index (χ3v) is 2.13. The van der Waals surface area contributed by atoms with Gasteiger partial charge in [-0.2, -0.15) is 13.2 Å². The largest absolute Gasteiger partial charge is 0.493 e. The van der Waals surface area contributed by atoms with Crippen LogP contribution in [0.2, 0.25) is 0 Å². The summed E-state index contributed by atoms with van der Waals surface area (Å²) in [6.07, 6.45) is -4.22. The summed E-state index contributed by atoms with van der Waals surface area (Å²) in [6, 6.07) is 5.07. The number of nitrogens with one attached hydrogen (secondary N) is 1. The van der Waals surface area contributed by atoms with Gasteiger partial charge in [-0.15, -0.1) is 0 Å². The van der Waals surface area contributed by atoms with Crippen molar-refractivity contribution in [3.8, 4) is 11.5 Å². The Hall–Kier alpha value is -1.43. The summed E-state index contributed by atoms with van der Waals surface area (Å²) < 4.78 is 46.1. The maximum absolute atomic E-state index is 12.0. The second kappa shape index (κ2) is 5.77. The molecule has 0 spiro atoms. The quantitative estimate of drug-likeness (QED) is 0.869. The number of rotatable bonds is 5. The molecule has 0 atom stereocenters. The molecule has 17 heavy (non-hydrogen) atoms. The van der Waals surface area contributed by atoms with Gasteiger partial charge < -0.3 is 14.8 Å². The highest BCUT2D eigenvalue weighted by molar-refractivity contribution is 5.46. The van der Waals surface area contributed by atoms with Crippen LogP contribution in [0.15, 0.2) is 18.2 Å². The van der Waals surface area contributed by atoms with Crippen molar-refractivity contribution in [2.75, 3.05) is 20.8 Å². The molecule has 0 heterocycles. The van der Waals surface area contributed by atoms with Gasteiger partial charge in [0.2, 0.25) is 0 Å². The second-order valence-electron chi connectivity index (χ2n) is 3.37. The van der Waals surface area contributed by atoms with E-state index in [4.69, 9.17) is 9.47 Å². The third kappa shape index (κ3) is 4.14. The van der Waals surface area contributed by atoms with Crippen molar-refractivity contribution < 1.29 is 22.6 Å². The van der Waals surface area contributed by atoms with Crippen molar-refractivity contribution in [2.45, 2.75) is 12.7 Å². The molecule has 0 aliphatic carbocycles. The minimum absolute atomic E-state index is 0.0693. The summed E-state index contributed by atoms with van der Waals surface area (Å²) in [5.41, 5.74) is 0.621. The molecular weight excluding hydrogens is 235 g/mol. The lowest BCUT2D eigenvalue weighted by Crippen LogP contribution is -2.28. The van der Waals surface area contributed by atoms with Crippen LogP contribution in [0.4, 0.5) is 13.2 Å². The molecule has 0 amide bonds. The molecule has 1 N–H and O–H groups in total. The Balaban J connectivity index is 2.70. The van der Waals surface area contributed by atoms with Crippen LogP contribution in [-0.4, -0.2) is 26.9 Å². The van der Waals surface area contributed by atoms with Crippen LogP contribution in [0.1, 0.15) is 5.56 Å². The minimum Gasteiger partial charge on any atom is -0.493 e. The van der Waals surface area contributed by atoms with E-state index < -0.39 is 12.7 Å². The monoisotopic (exact) mass is 249 g/mol. The zero-order valence-electron chi connectivity index (χ0n) is 9.60. The number of benzene rings is 1. The van der Waals surface area contributed by atoms with Gasteiger partial charge in [0.25, 0.3) is 0 Å². The van der Waals surface area contributed by atoms with E-state index in [-0.39, 0.29) is 6.54 Å². The van der Waals surface area contributed by atoms with Gasteiger partial charge in [-0.05, 0) is 6.07 Å². The zero-order valence-corrected chi connectivity index (χ0v) is 9.60. The molecule has 1 aromatic carbocycles. The Labute approximate surface area is 97.5 Å². The highest BCUT2D eigenvalue weighted by Gasteiger charge is 2.26. The lowest BCUT2D eigenvalue weighted by molar-refractivity contribution is -0.125. The topological polar surface area (TPSA) is 30.5 Å². The van der Waals surface area contributed by atoms with Crippen LogP contribution in [0.25, 0.3) is 0 Å². The summed E-state index contributed by atoms with van der Waals surface area (Å²) in [7, 11) is 2.93. The van der Waals surface area contributed by atoms with Crippen LogP contribution in [0.5, 0.6) is 11.5 Å². The summed E-state index contributed by atoms with van der Waals surface area (Å²) in [6.45, 7) is -0.965. The molecule has 0 fully saturated rings. The molecule has 0 bridgehead atoms. The molecule has 1 rings (SSSR count). The van der Waals surface area contributed by atoms with E-state index in [1.54, 1.807) is 18.2 Å². The molecule has 0 aliphatic heterocycles. The van der Waals surface area contributed by atoms with E-state index in [0.29, 0.717) is 17.1 Å². The number of para-hydroxylation sites is 1. The first-order valence-corrected chi connectivity index (χ1v) is 4.95. The lowest BCUT2D eigenvalue weighted by Gasteiger charge is -2.13. The standard InChI is InChI=1S/C11H14F3NO2/c1-16-9-5-3-4-8(10(9)17-2)6-15-7-11(12,13)14/h3-5,15H,6-7H2,1-2H3. The number of halogens is 3. The van der Waals surface area contributed by atoms with Crippen molar-refractivity contribution in [2.24, 2.45) is 0 Å². The summed E-state index contributed by atoms with van der Waals surface area (Å²) in [5.74, 6) is 0.948. The molecule has 0 aliphatic rings. The highest BCUT2D eigenvalue weighted by Crippen LogP contribution is 2.30. The molecule has 1 aromatic rings. The number of ether oxygens (including phenoxy) is 2. The van der Waals surface area contributed by atoms with Crippen LogP contribution in [0.3, 0.4) is 0 Å². The van der Waals surface area contributed by atoms with Gasteiger partial charge in [-0.1, -0.05) is 12.1 Å². The SMILES string of the molecule is COc1cccc(CNCC(F)(F)F)c1OC. The predicted molar refractivity (Wildman–Crippen MR) is 57.3 cm³/mol. The summed E-state index contributed by atoms with van der Waals surface area (Å²) >= 11 is 0. The van der Waals surface area contributed by atoms with Gasteiger partial charge in [-0.3, -0.25) is 0 Å². The number of hydrogen-bond acceptors (Lipinski definition) is 3. The van der Waals surface area contributed by atoms with Gasteiger partial charge in [0.15, 0.2) is 11.5 Å². The van der Waals surface area contributed by atoms with Gasteiger partial charge in [0.1, 0.15) is 0 Å². The molecule has 96 valence electrons. The van der Waals surface area contributed by atoms with Gasteiger partial charge in [0.05, 0.1) is 20.8 Å². The third-order valence-electron chi connectivity index (χ3n) is 2.13. The first kappa shape index (κ1) is 13.6. The van der Waals surface area contributed by atoms with E-state index >= 15 is 0 Å². The van der Waals surface area contributed by atoms with Crippen LogP contribution >= 0.6 is 0 Å². The van der Waals surface area contributed by atoms with Crippen molar-refractivity contribution >= 4 is 0 Å². The first-order chi connectivity index (χ1) is 7.98. The molecule has 0 saturated carbocycles. The normalized spacial score (nSPS) is 11.4. The molecule has 3 nitrogen and oxygen atoms in total. The fourth-order valence-electron chi connectivity index (χ4n) is 1.43. The highest BCUT2D eigenvalue weighted by atomic mass is 19.4. The predicted octanol–water partition coefficient (Wildman–Crippen LogP) is 2.36. The number of hydrogen-bond donors (Lipinski definition) is 1. The average Bonchev–Trinajstić information content (AvgIpc) is 2.27. The fraction of sp³-hybridized carbons (Fsp3) is 0.455. The summed E-state index contributed by atoms with van der Waals surface area (Å²) in [5, 5.41) is 2.31. The Bertz CT molecular complexity index is 366. The van der Waals surface area contributed by atoms with Crippen molar-refractivity contribution in [3.05, 3.63) is 23.8 Å². The minimum atomic E-state index is -4.22. The Morgan fingerprint density at radius 3 is 2.41 bits per heavy atom.